The summed E-state index contributed by atoms with van der Waals surface area (Å²) < 4.78 is 0. The highest BCUT2D eigenvalue weighted by atomic mass is 35.5. The summed E-state index contributed by atoms with van der Waals surface area (Å²) in [5.74, 6) is 0.651. The third-order valence-corrected chi connectivity index (χ3v) is 4.67. The normalized spacial score (nSPS) is 16.2. The SMILES string of the molecule is ClCCN1CCc2c3c([nH]c2=C1c1ccccc1)=CCC=C3. The van der Waals surface area contributed by atoms with Crippen molar-refractivity contribution in [3.63, 3.8) is 0 Å². The molecule has 2 aromatic rings. The number of hydrogen-bond donors (Lipinski definition) is 1. The Bertz CT molecular complexity index is 830. The average Bonchev–Trinajstić information content (AvgIpc) is 2.94. The minimum atomic E-state index is 0.651. The second kappa shape index (κ2) is 5.69. The Morgan fingerprint density at radius 3 is 2.86 bits per heavy atom. The molecule has 0 atom stereocenters. The van der Waals surface area contributed by atoms with Gasteiger partial charge in [-0.25, -0.2) is 0 Å². The lowest BCUT2D eigenvalue weighted by Crippen LogP contribution is -2.37. The number of fused-ring (bicyclic) bond motifs is 3. The molecule has 1 aliphatic heterocycles. The van der Waals surface area contributed by atoms with Crippen LogP contribution >= 0.6 is 11.6 Å². The van der Waals surface area contributed by atoms with E-state index in [-0.39, 0.29) is 0 Å². The quantitative estimate of drug-likeness (QED) is 0.863. The molecule has 0 fully saturated rings. The summed E-state index contributed by atoms with van der Waals surface area (Å²) in [6, 6.07) is 10.6. The number of benzene rings is 1. The van der Waals surface area contributed by atoms with Crippen LogP contribution in [0.1, 0.15) is 23.1 Å². The number of halogens is 1. The summed E-state index contributed by atoms with van der Waals surface area (Å²) >= 11 is 6.03. The van der Waals surface area contributed by atoms with Gasteiger partial charge in [-0.1, -0.05) is 48.6 Å². The van der Waals surface area contributed by atoms with Crippen molar-refractivity contribution in [2.75, 3.05) is 19.0 Å². The third kappa shape index (κ3) is 2.19. The molecule has 0 amide bonds. The fraction of sp³-hybridized carbons (Fsp3) is 0.263. The van der Waals surface area contributed by atoms with Gasteiger partial charge in [-0.15, -0.1) is 11.6 Å². The van der Waals surface area contributed by atoms with Gasteiger partial charge in [0.2, 0.25) is 0 Å². The van der Waals surface area contributed by atoms with Crippen molar-refractivity contribution >= 4 is 29.5 Å². The molecule has 2 nitrogen and oxygen atoms in total. The summed E-state index contributed by atoms with van der Waals surface area (Å²) in [5, 5.41) is 2.55. The molecule has 22 heavy (non-hydrogen) atoms. The van der Waals surface area contributed by atoms with E-state index in [2.05, 4.69) is 58.4 Å². The molecule has 2 aliphatic rings. The minimum absolute atomic E-state index is 0.651. The van der Waals surface area contributed by atoms with E-state index in [1.807, 2.05) is 0 Å². The fourth-order valence-electron chi connectivity index (χ4n) is 3.52. The number of nitrogens with zero attached hydrogens (tertiary/aromatic N) is 1. The minimum Gasteiger partial charge on any atom is -0.368 e. The van der Waals surface area contributed by atoms with Gasteiger partial charge in [0.1, 0.15) is 0 Å². The molecule has 0 saturated heterocycles. The van der Waals surface area contributed by atoms with Crippen molar-refractivity contribution in [3.8, 4) is 0 Å². The second-order valence-electron chi connectivity index (χ2n) is 5.79. The van der Waals surface area contributed by atoms with Crippen molar-refractivity contribution in [3.05, 3.63) is 63.8 Å². The Morgan fingerprint density at radius 1 is 1.18 bits per heavy atom. The Hall–Kier alpha value is -1.93. The zero-order chi connectivity index (χ0) is 14.9. The highest BCUT2D eigenvalue weighted by Gasteiger charge is 2.22. The fourth-order valence-corrected chi connectivity index (χ4v) is 3.73. The van der Waals surface area contributed by atoms with E-state index in [1.165, 1.54) is 33.1 Å². The van der Waals surface area contributed by atoms with Crippen molar-refractivity contribution < 1.29 is 0 Å². The van der Waals surface area contributed by atoms with E-state index in [0.717, 1.165) is 25.9 Å². The summed E-state index contributed by atoms with van der Waals surface area (Å²) in [5.41, 5.74) is 5.38. The van der Waals surface area contributed by atoms with Crippen LogP contribution in [0.5, 0.6) is 0 Å². The number of aromatic amines is 1. The molecule has 0 radical (unpaired) electrons. The molecule has 0 saturated carbocycles. The van der Waals surface area contributed by atoms with Gasteiger partial charge < -0.3 is 9.88 Å². The zero-order valence-electron chi connectivity index (χ0n) is 12.5. The lowest BCUT2D eigenvalue weighted by atomic mass is 9.99. The molecule has 1 aromatic heterocycles. The first-order chi connectivity index (χ1) is 10.9. The first-order valence-corrected chi connectivity index (χ1v) is 8.40. The van der Waals surface area contributed by atoms with Gasteiger partial charge in [0.05, 0.1) is 11.0 Å². The summed E-state index contributed by atoms with van der Waals surface area (Å²) in [4.78, 5) is 6.08. The Labute approximate surface area is 135 Å². The van der Waals surface area contributed by atoms with Gasteiger partial charge in [0, 0.05) is 29.9 Å². The van der Waals surface area contributed by atoms with Crippen LogP contribution in [-0.4, -0.2) is 28.9 Å². The van der Waals surface area contributed by atoms with Gasteiger partial charge in [-0.3, -0.25) is 0 Å². The molecule has 0 unspecified atom stereocenters. The van der Waals surface area contributed by atoms with Crippen LogP contribution < -0.4 is 10.7 Å². The van der Waals surface area contributed by atoms with E-state index >= 15 is 0 Å². The van der Waals surface area contributed by atoms with Crippen molar-refractivity contribution in [1.29, 1.82) is 0 Å². The van der Waals surface area contributed by atoms with Gasteiger partial charge in [0.15, 0.2) is 0 Å². The van der Waals surface area contributed by atoms with E-state index in [4.69, 9.17) is 11.6 Å². The van der Waals surface area contributed by atoms with Crippen LogP contribution in [0.4, 0.5) is 0 Å². The second-order valence-corrected chi connectivity index (χ2v) is 6.17. The van der Waals surface area contributed by atoms with Crippen LogP contribution in [0.25, 0.3) is 17.8 Å². The van der Waals surface area contributed by atoms with Crippen LogP contribution in [-0.2, 0) is 6.42 Å². The highest BCUT2D eigenvalue weighted by Crippen LogP contribution is 2.22. The molecule has 0 spiro atoms. The number of allylic oxidation sites excluding steroid dienone is 1. The smallest absolute Gasteiger partial charge is 0.0682 e. The molecule has 1 N–H and O–H groups in total. The van der Waals surface area contributed by atoms with Crippen molar-refractivity contribution in [2.24, 2.45) is 0 Å². The van der Waals surface area contributed by atoms with Crippen LogP contribution in [0.3, 0.4) is 0 Å². The third-order valence-electron chi connectivity index (χ3n) is 4.51. The number of nitrogens with one attached hydrogen (secondary N) is 1. The lowest BCUT2D eigenvalue weighted by Gasteiger charge is -2.30. The molecule has 112 valence electrons. The predicted octanol–water partition coefficient (Wildman–Crippen LogP) is 2.47. The standard InChI is InChI=1S/C19H19ClN2/c20-11-13-22-12-10-16-15-8-4-5-9-17(15)21-18(16)19(22)14-6-2-1-3-7-14/h1-4,6-9,21H,5,10-13H2. The van der Waals surface area contributed by atoms with Crippen LogP contribution in [0, 0.1) is 0 Å². The Kier molecular flexibility index (Phi) is 3.55. The molecular weight excluding hydrogens is 292 g/mol. The molecule has 0 bridgehead atoms. The number of alkyl halides is 1. The number of aromatic nitrogens is 1. The van der Waals surface area contributed by atoms with Crippen molar-refractivity contribution in [1.82, 2.24) is 9.88 Å². The Balaban J connectivity index is 2.02. The topological polar surface area (TPSA) is 19.0 Å². The van der Waals surface area contributed by atoms with Gasteiger partial charge in [0.25, 0.3) is 0 Å². The summed E-state index contributed by atoms with van der Waals surface area (Å²) in [6.07, 6.45) is 8.88. The first-order valence-electron chi connectivity index (χ1n) is 7.86. The lowest BCUT2D eigenvalue weighted by molar-refractivity contribution is 0.411. The van der Waals surface area contributed by atoms with E-state index in [1.54, 1.807) is 0 Å². The molecule has 1 aromatic carbocycles. The molecular formula is C19H19ClN2. The van der Waals surface area contributed by atoms with Crippen molar-refractivity contribution in [2.45, 2.75) is 12.8 Å². The maximum atomic E-state index is 6.03. The number of H-pyrrole nitrogens is 1. The van der Waals surface area contributed by atoms with E-state index in [0.29, 0.717) is 5.88 Å². The van der Waals surface area contributed by atoms with Gasteiger partial charge in [-0.05, 0) is 24.0 Å². The number of hydrogen-bond acceptors (Lipinski definition) is 1. The maximum absolute atomic E-state index is 6.03. The van der Waals surface area contributed by atoms with E-state index in [9.17, 15) is 0 Å². The Morgan fingerprint density at radius 2 is 2.05 bits per heavy atom. The number of rotatable bonds is 3. The predicted molar refractivity (Wildman–Crippen MR) is 93.1 cm³/mol. The maximum Gasteiger partial charge on any atom is 0.0682 e. The summed E-state index contributed by atoms with van der Waals surface area (Å²) in [6.45, 7) is 1.91. The molecule has 4 rings (SSSR count). The monoisotopic (exact) mass is 310 g/mol. The molecule has 1 aliphatic carbocycles. The largest absolute Gasteiger partial charge is 0.368 e. The average molecular weight is 311 g/mol. The van der Waals surface area contributed by atoms with Gasteiger partial charge in [-0.2, -0.15) is 0 Å². The summed E-state index contributed by atoms with van der Waals surface area (Å²) in [7, 11) is 0. The van der Waals surface area contributed by atoms with Crippen LogP contribution in [0.15, 0.2) is 36.4 Å². The van der Waals surface area contributed by atoms with Gasteiger partial charge >= 0.3 is 0 Å². The molecule has 3 heteroatoms. The molecule has 2 heterocycles. The van der Waals surface area contributed by atoms with Crippen LogP contribution in [0.2, 0.25) is 0 Å². The first kappa shape index (κ1) is 13.7. The zero-order valence-corrected chi connectivity index (χ0v) is 13.2. The van der Waals surface area contributed by atoms with E-state index < -0.39 is 0 Å². The highest BCUT2D eigenvalue weighted by molar-refractivity contribution is 6.18.